The number of nitrogens with zero attached hydrogens (tertiary/aromatic N) is 3. The maximum Gasteiger partial charge on any atom is 0.260 e. The van der Waals surface area contributed by atoms with Crippen LogP contribution in [0.1, 0.15) is 15.9 Å². The lowest BCUT2D eigenvalue weighted by molar-refractivity contribution is 0.0391. The first-order valence-corrected chi connectivity index (χ1v) is 11.8. The molecule has 2 heterocycles. The Hall–Kier alpha value is -1.64. The van der Waals surface area contributed by atoms with E-state index < -0.39 is 0 Å². The molecule has 1 saturated heterocycles. The summed E-state index contributed by atoms with van der Waals surface area (Å²) in [7, 11) is 0. The molecule has 8 heteroatoms. The van der Waals surface area contributed by atoms with E-state index in [9.17, 15) is 4.79 Å². The van der Waals surface area contributed by atoms with Crippen LogP contribution in [0.5, 0.6) is 0 Å². The van der Waals surface area contributed by atoms with Gasteiger partial charge in [-0.05, 0) is 43.5 Å². The standard InChI is InChI=1S/C22H25N3O2S2.ClH/c1-16-3-5-17(6-4-16)21(26)25(10-9-24-11-13-27-14-12-24)22-23-19-8-7-18(28-2)15-20(19)29-22;/h3-8,15H,9-14H2,1-2H3;1H. The van der Waals surface area contributed by atoms with E-state index in [1.165, 1.54) is 4.90 Å². The fourth-order valence-corrected chi connectivity index (χ4v) is 4.88. The van der Waals surface area contributed by atoms with Crippen molar-refractivity contribution in [2.24, 2.45) is 0 Å². The Kier molecular flexibility index (Phi) is 8.13. The van der Waals surface area contributed by atoms with Crippen LogP contribution in [0.2, 0.25) is 0 Å². The van der Waals surface area contributed by atoms with Crippen molar-refractivity contribution in [1.29, 1.82) is 0 Å². The van der Waals surface area contributed by atoms with Crippen LogP contribution in [0.25, 0.3) is 10.2 Å². The van der Waals surface area contributed by atoms with E-state index in [2.05, 4.69) is 23.3 Å². The summed E-state index contributed by atoms with van der Waals surface area (Å²) in [6.07, 6.45) is 2.07. The molecule has 0 bridgehead atoms. The molecule has 160 valence electrons. The van der Waals surface area contributed by atoms with Gasteiger partial charge in [0.1, 0.15) is 0 Å². The van der Waals surface area contributed by atoms with Crippen LogP contribution in [0.4, 0.5) is 5.13 Å². The van der Waals surface area contributed by atoms with Crippen LogP contribution in [0, 0.1) is 6.92 Å². The molecule has 0 saturated carbocycles. The second-order valence-corrected chi connectivity index (χ2v) is 9.00. The second kappa shape index (κ2) is 10.6. The quantitative estimate of drug-likeness (QED) is 0.494. The third-order valence-electron chi connectivity index (χ3n) is 5.10. The first-order chi connectivity index (χ1) is 14.1. The van der Waals surface area contributed by atoms with Gasteiger partial charge in [-0.1, -0.05) is 29.0 Å². The van der Waals surface area contributed by atoms with E-state index in [4.69, 9.17) is 9.72 Å². The summed E-state index contributed by atoms with van der Waals surface area (Å²) in [6.45, 7) is 6.78. The van der Waals surface area contributed by atoms with E-state index in [1.54, 1.807) is 23.1 Å². The summed E-state index contributed by atoms with van der Waals surface area (Å²) in [5.74, 6) is 0.00223. The zero-order valence-electron chi connectivity index (χ0n) is 17.2. The van der Waals surface area contributed by atoms with E-state index >= 15 is 0 Å². The Morgan fingerprint density at radius 1 is 1.20 bits per heavy atom. The highest BCUT2D eigenvalue weighted by molar-refractivity contribution is 7.98. The van der Waals surface area contributed by atoms with Gasteiger partial charge in [0.15, 0.2) is 5.13 Å². The molecule has 2 aromatic carbocycles. The predicted octanol–water partition coefficient (Wildman–Crippen LogP) is 4.73. The normalized spacial score (nSPS) is 14.5. The Labute approximate surface area is 191 Å². The van der Waals surface area contributed by atoms with Crippen molar-refractivity contribution in [3.8, 4) is 0 Å². The van der Waals surface area contributed by atoms with Gasteiger partial charge in [0, 0.05) is 36.6 Å². The molecular weight excluding hydrogens is 438 g/mol. The number of thioether (sulfide) groups is 1. The molecule has 1 amide bonds. The van der Waals surface area contributed by atoms with E-state index in [-0.39, 0.29) is 18.3 Å². The number of aryl methyl sites for hydroxylation is 1. The number of hydrogen-bond acceptors (Lipinski definition) is 6. The zero-order chi connectivity index (χ0) is 20.2. The van der Waals surface area contributed by atoms with Crippen molar-refractivity contribution < 1.29 is 9.53 Å². The van der Waals surface area contributed by atoms with Gasteiger partial charge in [-0.3, -0.25) is 14.6 Å². The third kappa shape index (κ3) is 5.34. The van der Waals surface area contributed by atoms with Gasteiger partial charge in [0.2, 0.25) is 0 Å². The molecule has 5 nitrogen and oxygen atoms in total. The largest absolute Gasteiger partial charge is 0.379 e. The number of carbonyl (C=O) groups excluding carboxylic acids is 1. The Bertz CT molecular complexity index is 988. The number of aromatic nitrogens is 1. The summed E-state index contributed by atoms with van der Waals surface area (Å²) in [5.41, 5.74) is 2.78. The molecule has 4 rings (SSSR count). The number of halogens is 1. The molecule has 1 aliphatic heterocycles. The molecular formula is C22H26ClN3O2S2. The molecule has 0 unspecified atom stereocenters. The fraction of sp³-hybridized carbons (Fsp3) is 0.364. The molecule has 0 radical (unpaired) electrons. The lowest BCUT2D eigenvalue weighted by Crippen LogP contribution is -2.43. The van der Waals surface area contributed by atoms with Crippen molar-refractivity contribution in [1.82, 2.24) is 9.88 Å². The molecule has 1 aliphatic rings. The van der Waals surface area contributed by atoms with Crippen LogP contribution in [0.15, 0.2) is 47.4 Å². The molecule has 0 spiro atoms. The lowest BCUT2D eigenvalue weighted by atomic mass is 10.1. The van der Waals surface area contributed by atoms with Gasteiger partial charge in [-0.25, -0.2) is 4.98 Å². The predicted molar refractivity (Wildman–Crippen MR) is 129 cm³/mol. The number of ether oxygens (including phenoxy) is 1. The molecule has 0 aliphatic carbocycles. The molecule has 1 aromatic heterocycles. The van der Waals surface area contributed by atoms with E-state index in [0.717, 1.165) is 53.8 Å². The second-order valence-electron chi connectivity index (χ2n) is 7.11. The van der Waals surface area contributed by atoms with Gasteiger partial charge < -0.3 is 4.74 Å². The number of morpholine rings is 1. The Morgan fingerprint density at radius 2 is 1.93 bits per heavy atom. The maximum absolute atomic E-state index is 13.4. The van der Waals surface area contributed by atoms with Crippen molar-refractivity contribution in [3.63, 3.8) is 0 Å². The highest BCUT2D eigenvalue weighted by Crippen LogP contribution is 2.32. The van der Waals surface area contributed by atoms with E-state index in [0.29, 0.717) is 12.1 Å². The minimum absolute atomic E-state index is 0. The Morgan fingerprint density at radius 3 is 2.63 bits per heavy atom. The molecule has 0 N–H and O–H groups in total. The fourth-order valence-electron chi connectivity index (χ4n) is 3.34. The maximum atomic E-state index is 13.4. The summed E-state index contributed by atoms with van der Waals surface area (Å²) < 4.78 is 6.56. The summed E-state index contributed by atoms with van der Waals surface area (Å²) in [6, 6.07) is 14.0. The average Bonchev–Trinajstić information content (AvgIpc) is 3.17. The third-order valence-corrected chi connectivity index (χ3v) is 6.87. The number of carbonyl (C=O) groups is 1. The van der Waals surface area contributed by atoms with Gasteiger partial charge in [0.05, 0.1) is 23.4 Å². The zero-order valence-corrected chi connectivity index (χ0v) is 19.6. The summed E-state index contributed by atoms with van der Waals surface area (Å²) in [4.78, 5) is 23.6. The first-order valence-electron chi connectivity index (χ1n) is 9.77. The van der Waals surface area contributed by atoms with Gasteiger partial charge in [0.25, 0.3) is 5.91 Å². The molecule has 0 atom stereocenters. The number of benzene rings is 2. The Balaban J connectivity index is 0.00000256. The van der Waals surface area contributed by atoms with Crippen LogP contribution < -0.4 is 4.90 Å². The number of anilines is 1. The van der Waals surface area contributed by atoms with Gasteiger partial charge in [-0.2, -0.15) is 0 Å². The van der Waals surface area contributed by atoms with Crippen molar-refractivity contribution in [2.75, 3.05) is 50.5 Å². The monoisotopic (exact) mass is 463 g/mol. The van der Waals surface area contributed by atoms with Crippen LogP contribution >= 0.6 is 35.5 Å². The van der Waals surface area contributed by atoms with Crippen molar-refractivity contribution >= 4 is 56.8 Å². The topological polar surface area (TPSA) is 45.7 Å². The highest BCUT2D eigenvalue weighted by Gasteiger charge is 2.23. The number of fused-ring (bicyclic) bond motifs is 1. The number of thiazole rings is 1. The van der Waals surface area contributed by atoms with Gasteiger partial charge >= 0.3 is 0 Å². The number of amides is 1. The minimum Gasteiger partial charge on any atom is -0.379 e. The summed E-state index contributed by atoms with van der Waals surface area (Å²) >= 11 is 3.30. The first kappa shape index (κ1) is 23.0. The van der Waals surface area contributed by atoms with Crippen molar-refractivity contribution in [3.05, 3.63) is 53.6 Å². The van der Waals surface area contributed by atoms with Crippen LogP contribution in [-0.4, -0.2) is 61.4 Å². The smallest absolute Gasteiger partial charge is 0.260 e. The minimum atomic E-state index is 0. The SMILES string of the molecule is CSc1ccc2nc(N(CCN3CCOCC3)C(=O)c3ccc(C)cc3)sc2c1.Cl. The van der Waals surface area contributed by atoms with Crippen LogP contribution in [0.3, 0.4) is 0 Å². The van der Waals surface area contributed by atoms with Crippen molar-refractivity contribution in [2.45, 2.75) is 11.8 Å². The van der Waals surface area contributed by atoms with E-state index in [1.807, 2.05) is 42.2 Å². The lowest BCUT2D eigenvalue weighted by Gasteiger charge is -2.29. The number of hydrogen-bond donors (Lipinski definition) is 0. The highest BCUT2D eigenvalue weighted by atomic mass is 35.5. The van der Waals surface area contributed by atoms with Crippen LogP contribution in [-0.2, 0) is 4.74 Å². The van der Waals surface area contributed by atoms with Gasteiger partial charge in [-0.15, -0.1) is 24.2 Å². The molecule has 30 heavy (non-hydrogen) atoms. The average molecular weight is 464 g/mol. The molecule has 3 aromatic rings. The summed E-state index contributed by atoms with van der Waals surface area (Å²) in [5, 5.41) is 0.761. The molecule has 1 fully saturated rings. The number of rotatable bonds is 6.